The van der Waals surface area contributed by atoms with Crippen LogP contribution in [0.1, 0.15) is 0 Å². The van der Waals surface area contributed by atoms with Gasteiger partial charge in [-0.05, 0) is 13.1 Å². The molecular weight excluding hydrogens is 220 g/mol. The van der Waals surface area contributed by atoms with Gasteiger partial charge in [-0.25, -0.2) is 0 Å². The molecule has 0 bridgehead atoms. The average molecular weight is 240 g/mol. The summed E-state index contributed by atoms with van der Waals surface area (Å²) in [5, 5.41) is 0. The largest absolute Gasteiger partial charge is 0.407 e. The maximum absolute atomic E-state index is 5.75. The third-order valence-electron chi connectivity index (χ3n) is 3.17. The Labute approximate surface area is 84.8 Å². The molecule has 0 aliphatic carbocycles. The molecule has 0 aliphatic heterocycles. The Hall–Kier alpha value is 0.901. The van der Waals surface area contributed by atoms with Gasteiger partial charge in [0.2, 0.25) is 0 Å². The predicted octanol–water partition coefficient (Wildman–Crippen LogP) is 3.02. The maximum atomic E-state index is 5.75. The van der Waals surface area contributed by atoms with Gasteiger partial charge in [0, 0.05) is 8.31 Å². The molecule has 1 radical (unpaired) electrons. The van der Waals surface area contributed by atoms with Crippen molar-refractivity contribution in [3.63, 3.8) is 0 Å². The van der Waals surface area contributed by atoms with Crippen LogP contribution in [0.25, 0.3) is 0 Å². The molecule has 0 N–H and O–H groups in total. The van der Waals surface area contributed by atoms with Gasteiger partial charge in [0.1, 0.15) is 6.07 Å². The van der Waals surface area contributed by atoms with E-state index in [0.717, 1.165) is 0 Å². The molecule has 0 saturated heterocycles. The van der Waals surface area contributed by atoms with Crippen LogP contribution >= 0.6 is 11.6 Å². The second-order valence-corrected chi connectivity index (χ2v) is 28.8. The molecule has 12 heavy (non-hydrogen) atoms. The van der Waals surface area contributed by atoms with Gasteiger partial charge in [0.05, 0.1) is 7.11 Å². The van der Waals surface area contributed by atoms with Crippen LogP contribution in [0.3, 0.4) is 0 Å². The Morgan fingerprint density at radius 1 is 1.17 bits per heavy atom. The van der Waals surface area contributed by atoms with Gasteiger partial charge < -0.3 is 4.43 Å². The van der Waals surface area contributed by atoms with Crippen LogP contribution in [0.15, 0.2) is 0 Å². The molecule has 0 saturated carbocycles. The highest BCUT2D eigenvalue weighted by atomic mass is 35.5. The molecular formula is C7H20ClOSi3. The first kappa shape index (κ1) is 12.9. The minimum Gasteiger partial charge on any atom is -0.407 e. The topological polar surface area (TPSA) is 9.23 Å². The molecule has 0 atom stereocenters. The first-order valence-corrected chi connectivity index (χ1v) is 15.2. The van der Waals surface area contributed by atoms with Crippen molar-refractivity contribution in [2.45, 2.75) is 39.3 Å². The van der Waals surface area contributed by atoms with Gasteiger partial charge in [-0.15, -0.1) is 0 Å². The Bertz CT molecular complexity index is 148. The van der Waals surface area contributed by atoms with E-state index in [0.29, 0.717) is 6.07 Å². The van der Waals surface area contributed by atoms with Crippen LogP contribution in [0.4, 0.5) is 0 Å². The summed E-state index contributed by atoms with van der Waals surface area (Å²) in [7, 11) is -2.71. The summed E-state index contributed by atoms with van der Waals surface area (Å²) in [6.07, 6.45) is 0. The van der Waals surface area contributed by atoms with E-state index in [2.05, 4.69) is 39.3 Å². The normalized spacial score (nSPS) is 14.0. The molecule has 0 rings (SSSR count). The van der Waals surface area contributed by atoms with E-state index in [9.17, 15) is 0 Å². The minimum atomic E-state index is -1.44. The third kappa shape index (κ3) is 2.70. The molecule has 0 aromatic carbocycles. The molecule has 0 fully saturated rings. The smallest absolute Gasteiger partial charge is 0.172 e. The van der Waals surface area contributed by atoms with Crippen molar-refractivity contribution >= 4 is 34.9 Å². The van der Waals surface area contributed by atoms with Gasteiger partial charge in [-0.3, -0.25) is 0 Å². The number of hydrogen-bond donors (Lipinski definition) is 0. The molecule has 0 amide bonds. The van der Waals surface area contributed by atoms with Crippen molar-refractivity contribution in [2.75, 3.05) is 6.07 Å². The highest BCUT2D eigenvalue weighted by Crippen LogP contribution is 2.23. The van der Waals surface area contributed by atoms with E-state index >= 15 is 0 Å². The molecule has 0 aliphatic rings. The van der Waals surface area contributed by atoms with Gasteiger partial charge in [-0.2, -0.15) is 0 Å². The zero-order valence-electron chi connectivity index (χ0n) is 8.99. The van der Waals surface area contributed by atoms with Crippen LogP contribution in [0.2, 0.25) is 39.3 Å². The van der Waals surface area contributed by atoms with Crippen LogP contribution in [0, 0.1) is 0 Å². The molecule has 0 unspecified atom stereocenters. The Kier molecular flexibility index (Phi) is 4.74. The lowest BCUT2D eigenvalue weighted by Gasteiger charge is -2.39. The van der Waals surface area contributed by atoms with E-state index in [1.165, 1.54) is 0 Å². The summed E-state index contributed by atoms with van der Waals surface area (Å²) in [6, 6.07) is 0.380. The molecule has 73 valence electrons. The summed E-state index contributed by atoms with van der Waals surface area (Å²) in [5.74, 6) is 0. The Morgan fingerprint density at radius 2 is 1.58 bits per heavy atom. The highest BCUT2D eigenvalue weighted by molar-refractivity contribution is 7.62. The zero-order chi connectivity index (χ0) is 9.99. The van der Waals surface area contributed by atoms with Crippen LogP contribution in [-0.4, -0.2) is 29.3 Å². The molecule has 0 heterocycles. The standard InChI is InChI=1S/C7H20ClOSi3/c1-10(2)12(5,6)11(3,4)9-7-8/h7H2,1-6H3. The molecule has 5 heteroatoms. The SMILES string of the molecule is C[Si](C)[Si](C)(C)[Si](C)(C)OCCl. The molecule has 0 spiro atoms. The van der Waals surface area contributed by atoms with Crippen molar-refractivity contribution in [1.29, 1.82) is 0 Å². The lowest BCUT2D eigenvalue weighted by Crippen LogP contribution is -2.64. The van der Waals surface area contributed by atoms with E-state index in [-0.39, 0.29) is 8.31 Å². The van der Waals surface area contributed by atoms with Gasteiger partial charge in [0.15, 0.2) is 7.83 Å². The monoisotopic (exact) mass is 239 g/mol. The van der Waals surface area contributed by atoms with E-state index in [1.807, 2.05) is 0 Å². The number of alkyl halides is 1. The summed E-state index contributed by atoms with van der Waals surface area (Å²) in [4.78, 5) is 0. The second kappa shape index (κ2) is 4.41. The molecule has 1 nitrogen and oxygen atoms in total. The maximum Gasteiger partial charge on any atom is 0.172 e. The predicted molar refractivity (Wildman–Crippen MR) is 64.3 cm³/mol. The van der Waals surface area contributed by atoms with E-state index in [4.69, 9.17) is 16.0 Å². The van der Waals surface area contributed by atoms with E-state index < -0.39 is 14.9 Å². The number of halogens is 1. The third-order valence-corrected chi connectivity index (χ3v) is 36.7. The van der Waals surface area contributed by atoms with Crippen molar-refractivity contribution < 1.29 is 4.43 Å². The van der Waals surface area contributed by atoms with Gasteiger partial charge in [0.25, 0.3) is 0 Å². The van der Waals surface area contributed by atoms with Gasteiger partial charge in [-0.1, -0.05) is 37.8 Å². The fraction of sp³-hybridized carbons (Fsp3) is 1.00. The summed E-state index contributed by atoms with van der Waals surface area (Å²) in [6.45, 7) is 14.4. The van der Waals surface area contributed by atoms with Crippen LogP contribution in [0.5, 0.6) is 0 Å². The Balaban J connectivity index is 4.50. The van der Waals surface area contributed by atoms with Crippen molar-refractivity contribution in [3.8, 4) is 0 Å². The summed E-state index contributed by atoms with van der Waals surface area (Å²) >= 11 is 5.64. The van der Waals surface area contributed by atoms with Crippen molar-refractivity contribution in [3.05, 3.63) is 0 Å². The number of rotatable bonds is 4. The molecule has 0 aromatic rings. The van der Waals surface area contributed by atoms with E-state index in [1.54, 1.807) is 0 Å². The van der Waals surface area contributed by atoms with Crippen LogP contribution < -0.4 is 0 Å². The first-order chi connectivity index (χ1) is 5.25. The van der Waals surface area contributed by atoms with Crippen molar-refractivity contribution in [2.24, 2.45) is 0 Å². The highest BCUT2D eigenvalue weighted by Gasteiger charge is 2.45. The van der Waals surface area contributed by atoms with Crippen molar-refractivity contribution in [1.82, 2.24) is 0 Å². The van der Waals surface area contributed by atoms with Crippen LogP contribution in [-0.2, 0) is 4.43 Å². The lowest BCUT2D eigenvalue weighted by atomic mass is 11.7. The number of hydrogen-bond acceptors (Lipinski definition) is 1. The fourth-order valence-corrected chi connectivity index (χ4v) is 20.2. The first-order valence-electron chi connectivity index (χ1n) is 4.26. The quantitative estimate of drug-likeness (QED) is 0.542. The Morgan fingerprint density at radius 3 is 1.83 bits per heavy atom. The van der Waals surface area contributed by atoms with Gasteiger partial charge >= 0.3 is 0 Å². The lowest BCUT2D eigenvalue weighted by molar-refractivity contribution is 0.392. The summed E-state index contributed by atoms with van der Waals surface area (Å²) < 4.78 is 5.75. The zero-order valence-corrected chi connectivity index (χ0v) is 12.7. The summed E-state index contributed by atoms with van der Waals surface area (Å²) in [5.41, 5.74) is 0. The average Bonchev–Trinajstić information content (AvgIpc) is 1.86. The molecule has 0 aromatic heterocycles. The fourth-order valence-electron chi connectivity index (χ4n) is 0.919. The minimum absolute atomic E-state index is 0.173. The second-order valence-electron chi connectivity index (χ2n) is 4.39.